The third-order valence-electron chi connectivity index (χ3n) is 2.64. The van der Waals surface area contributed by atoms with E-state index in [4.69, 9.17) is 22.1 Å². The van der Waals surface area contributed by atoms with Gasteiger partial charge in [-0.05, 0) is 23.8 Å². The van der Waals surface area contributed by atoms with E-state index in [1.807, 2.05) is 0 Å². The van der Waals surface area contributed by atoms with Crippen LogP contribution < -0.4 is 10.5 Å². The Morgan fingerprint density at radius 1 is 1.39 bits per heavy atom. The Labute approximate surface area is 109 Å². The van der Waals surface area contributed by atoms with Crippen molar-refractivity contribution >= 4 is 11.6 Å². The average molecular weight is 267 g/mol. The van der Waals surface area contributed by atoms with Gasteiger partial charge in [-0.15, -0.1) is 0 Å². The van der Waals surface area contributed by atoms with Crippen LogP contribution in [0.4, 0.5) is 4.39 Å². The zero-order valence-electron chi connectivity index (χ0n) is 9.73. The molecule has 0 spiro atoms. The molecule has 0 fully saturated rings. The van der Waals surface area contributed by atoms with E-state index in [9.17, 15) is 4.39 Å². The highest BCUT2D eigenvalue weighted by Gasteiger charge is 2.17. The molecule has 0 amide bonds. The number of hydrogen-bond donors (Lipinski definition) is 1. The van der Waals surface area contributed by atoms with Gasteiger partial charge in [-0.3, -0.25) is 4.98 Å². The van der Waals surface area contributed by atoms with Crippen molar-refractivity contribution in [3.63, 3.8) is 0 Å². The maximum absolute atomic E-state index is 13.8. The molecule has 0 saturated carbocycles. The minimum atomic E-state index is -0.679. The third kappa shape index (κ3) is 2.44. The lowest BCUT2D eigenvalue weighted by molar-refractivity contribution is 0.412. The van der Waals surface area contributed by atoms with Crippen molar-refractivity contribution in [3.05, 3.63) is 58.6 Å². The van der Waals surface area contributed by atoms with E-state index in [1.165, 1.54) is 19.2 Å². The monoisotopic (exact) mass is 266 g/mol. The number of halogens is 2. The average Bonchev–Trinajstić information content (AvgIpc) is 2.38. The van der Waals surface area contributed by atoms with Crippen molar-refractivity contribution in [1.82, 2.24) is 4.98 Å². The molecule has 3 nitrogen and oxygen atoms in total. The number of nitrogens with zero attached hydrogens (tertiary/aromatic N) is 1. The molecular formula is C13H12ClFN2O. The molecule has 1 aromatic carbocycles. The van der Waals surface area contributed by atoms with Gasteiger partial charge in [-0.25, -0.2) is 4.39 Å². The fraction of sp³-hybridized carbons (Fsp3) is 0.154. The van der Waals surface area contributed by atoms with E-state index >= 15 is 0 Å². The first-order valence-electron chi connectivity index (χ1n) is 5.32. The molecule has 1 atom stereocenters. The van der Waals surface area contributed by atoms with E-state index in [-0.39, 0.29) is 5.56 Å². The quantitative estimate of drug-likeness (QED) is 0.929. The minimum absolute atomic E-state index is 0.259. The van der Waals surface area contributed by atoms with Crippen LogP contribution >= 0.6 is 11.6 Å². The first-order valence-corrected chi connectivity index (χ1v) is 5.69. The summed E-state index contributed by atoms with van der Waals surface area (Å²) in [5.74, 6) is 0.133. The highest BCUT2D eigenvalue weighted by molar-refractivity contribution is 6.31. The van der Waals surface area contributed by atoms with Crippen LogP contribution in [0.25, 0.3) is 0 Å². The smallest absolute Gasteiger partial charge is 0.137 e. The van der Waals surface area contributed by atoms with Gasteiger partial charge in [-0.2, -0.15) is 0 Å². The van der Waals surface area contributed by atoms with Gasteiger partial charge in [0.2, 0.25) is 0 Å². The zero-order valence-corrected chi connectivity index (χ0v) is 10.5. The van der Waals surface area contributed by atoms with Crippen molar-refractivity contribution in [2.45, 2.75) is 6.04 Å². The van der Waals surface area contributed by atoms with Gasteiger partial charge in [0.15, 0.2) is 0 Å². The molecule has 0 aliphatic rings. The SMILES string of the molecule is COc1cncc(C(N)c2c(F)cccc2Cl)c1. The topological polar surface area (TPSA) is 48.1 Å². The van der Waals surface area contributed by atoms with Crippen LogP contribution in [0.5, 0.6) is 5.75 Å². The fourth-order valence-electron chi connectivity index (χ4n) is 1.69. The van der Waals surface area contributed by atoms with E-state index < -0.39 is 11.9 Å². The van der Waals surface area contributed by atoms with Crippen molar-refractivity contribution in [1.29, 1.82) is 0 Å². The van der Waals surface area contributed by atoms with Crippen LogP contribution in [0.15, 0.2) is 36.7 Å². The summed E-state index contributed by atoms with van der Waals surface area (Å²) < 4.78 is 18.8. The van der Waals surface area contributed by atoms with E-state index in [2.05, 4.69) is 4.98 Å². The molecule has 1 heterocycles. The Hall–Kier alpha value is -1.65. The van der Waals surface area contributed by atoms with Gasteiger partial charge in [-0.1, -0.05) is 17.7 Å². The lowest BCUT2D eigenvalue weighted by Gasteiger charge is -2.15. The Morgan fingerprint density at radius 2 is 2.17 bits per heavy atom. The maximum Gasteiger partial charge on any atom is 0.137 e. The number of nitrogens with two attached hydrogens (primary N) is 1. The highest BCUT2D eigenvalue weighted by atomic mass is 35.5. The molecule has 0 aliphatic carbocycles. The van der Waals surface area contributed by atoms with Crippen LogP contribution in [-0.2, 0) is 0 Å². The molecule has 1 aromatic heterocycles. The largest absolute Gasteiger partial charge is 0.495 e. The fourth-order valence-corrected chi connectivity index (χ4v) is 1.97. The number of ether oxygens (including phenoxy) is 1. The highest BCUT2D eigenvalue weighted by Crippen LogP contribution is 2.29. The van der Waals surface area contributed by atoms with Crippen LogP contribution in [0, 0.1) is 5.82 Å². The Bertz CT molecular complexity index is 542. The third-order valence-corrected chi connectivity index (χ3v) is 2.97. The Kier molecular flexibility index (Phi) is 3.79. The zero-order chi connectivity index (χ0) is 13.1. The summed E-state index contributed by atoms with van der Waals surface area (Å²) in [6.07, 6.45) is 3.12. The minimum Gasteiger partial charge on any atom is -0.495 e. The van der Waals surface area contributed by atoms with Crippen LogP contribution in [-0.4, -0.2) is 12.1 Å². The number of methoxy groups -OCH3 is 1. The van der Waals surface area contributed by atoms with Crippen molar-refractivity contribution in [2.75, 3.05) is 7.11 Å². The number of pyridine rings is 1. The van der Waals surface area contributed by atoms with E-state index in [0.29, 0.717) is 16.3 Å². The molecule has 0 radical (unpaired) electrons. The summed E-state index contributed by atoms with van der Waals surface area (Å²) in [7, 11) is 1.53. The van der Waals surface area contributed by atoms with Crippen molar-refractivity contribution in [3.8, 4) is 5.75 Å². The number of hydrogen-bond acceptors (Lipinski definition) is 3. The van der Waals surface area contributed by atoms with Crippen LogP contribution in [0.2, 0.25) is 5.02 Å². The van der Waals surface area contributed by atoms with Gasteiger partial charge in [0.25, 0.3) is 0 Å². The lowest BCUT2D eigenvalue weighted by Crippen LogP contribution is -2.14. The first kappa shape index (κ1) is 12.8. The van der Waals surface area contributed by atoms with E-state index in [0.717, 1.165) is 0 Å². The Balaban J connectivity index is 2.44. The maximum atomic E-state index is 13.8. The second kappa shape index (κ2) is 5.33. The van der Waals surface area contributed by atoms with Crippen molar-refractivity contribution in [2.24, 2.45) is 5.73 Å². The lowest BCUT2D eigenvalue weighted by atomic mass is 10.0. The molecule has 94 valence electrons. The number of benzene rings is 1. The molecular weight excluding hydrogens is 255 g/mol. The van der Waals surface area contributed by atoms with Crippen molar-refractivity contribution < 1.29 is 9.13 Å². The van der Waals surface area contributed by atoms with Gasteiger partial charge in [0.1, 0.15) is 11.6 Å². The van der Waals surface area contributed by atoms with Gasteiger partial charge in [0, 0.05) is 16.8 Å². The summed E-state index contributed by atoms with van der Waals surface area (Å²) in [5.41, 5.74) is 6.92. The normalized spacial score (nSPS) is 12.2. The second-order valence-electron chi connectivity index (χ2n) is 3.77. The molecule has 0 bridgehead atoms. The second-order valence-corrected chi connectivity index (χ2v) is 4.18. The predicted molar refractivity (Wildman–Crippen MR) is 68.2 cm³/mol. The molecule has 1 unspecified atom stereocenters. The molecule has 0 aliphatic heterocycles. The molecule has 2 aromatic rings. The summed E-state index contributed by atoms with van der Waals surface area (Å²) in [6.45, 7) is 0. The molecule has 5 heteroatoms. The van der Waals surface area contributed by atoms with E-state index in [1.54, 1.807) is 24.5 Å². The number of aromatic nitrogens is 1. The summed E-state index contributed by atoms with van der Waals surface area (Å²) in [5, 5.41) is 0.297. The summed E-state index contributed by atoms with van der Waals surface area (Å²) >= 11 is 5.98. The molecule has 0 saturated heterocycles. The van der Waals surface area contributed by atoms with Crippen LogP contribution in [0.3, 0.4) is 0 Å². The molecule has 2 rings (SSSR count). The standard InChI is InChI=1S/C13H12ClFN2O/c1-18-9-5-8(6-17-7-9)13(16)12-10(14)3-2-4-11(12)15/h2-7,13H,16H2,1H3. The van der Waals surface area contributed by atoms with Crippen LogP contribution in [0.1, 0.15) is 17.2 Å². The summed E-state index contributed by atoms with van der Waals surface area (Å²) in [6, 6.07) is 5.50. The predicted octanol–water partition coefficient (Wildman–Crippen LogP) is 2.93. The molecule has 2 N–H and O–H groups in total. The van der Waals surface area contributed by atoms with Gasteiger partial charge >= 0.3 is 0 Å². The molecule has 18 heavy (non-hydrogen) atoms. The first-order chi connectivity index (χ1) is 8.63. The number of rotatable bonds is 3. The van der Waals surface area contributed by atoms with Gasteiger partial charge in [0.05, 0.1) is 19.3 Å². The van der Waals surface area contributed by atoms with Gasteiger partial charge < -0.3 is 10.5 Å². The Morgan fingerprint density at radius 3 is 2.83 bits per heavy atom. The summed E-state index contributed by atoms with van der Waals surface area (Å²) in [4.78, 5) is 3.99.